The maximum atomic E-state index is 9.27. The van der Waals surface area contributed by atoms with Crippen LogP contribution in [-0.2, 0) is 6.54 Å². The van der Waals surface area contributed by atoms with E-state index in [1.165, 1.54) is 5.56 Å². The van der Waals surface area contributed by atoms with Crippen molar-refractivity contribution in [3.05, 3.63) is 65.1 Å². The zero-order valence-electron chi connectivity index (χ0n) is 10.5. The van der Waals surface area contributed by atoms with Gasteiger partial charge in [-0.2, -0.15) is 5.26 Å². The van der Waals surface area contributed by atoms with Crippen molar-refractivity contribution >= 4 is 16.6 Å². The van der Waals surface area contributed by atoms with Crippen LogP contribution in [0.15, 0.2) is 42.6 Å². The first-order valence-electron chi connectivity index (χ1n) is 6.27. The summed E-state index contributed by atoms with van der Waals surface area (Å²) in [5.74, 6) is 0. The van der Waals surface area contributed by atoms with Crippen LogP contribution in [0.4, 0.5) is 5.69 Å². The van der Waals surface area contributed by atoms with E-state index in [1.807, 2.05) is 24.4 Å². The first kappa shape index (κ1) is 10.8. The molecule has 0 aliphatic carbocycles. The first-order valence-corrected chi connectivity index (χ1v) is 6.27. The van der Waals surface area contributed by atoms with Gasteiger partial charge in [0.15, 0.2) is 12.2 Å². The number of rotatable bonds is 0. The van der Waals surface area contributed by atoms with E-state index < -0.39 is 0 Å². The Morgan fingerprint density at radius 3 is 2.95 bits per heavy atom. The lowest BCUT2D eigenvalue weighted by Crippen LogP contribution is -2.36. The topological polar surface area (TPSA) is 37.0 Å². The Labute approximate surface area is 115 Å². The van der Waals surface area contributed by atoms with Crippen LogP contribution >= 0.6 is 0 Å². The molecule has 20 heavy (non-hydrogen) atoms. The van der Waals surface area contributed by atoms with Crippen molar-refractivity contribution in [2.45, 2.75) is 6.54 Å². The van der Waals surface area contributed by atoms with Gasteiger partial charge in [0, 0.05) is 5.56 Å². The fourth-order valence-corrected chi connectivity index (χ4v) is 2.85. The lowest BCUT2D eigenvalue weighted by molar-refractivity contribution is -0.749. The largest absolute Gasteiger partial charge is 0.238 e. The third kappa shape index (κ3) is 1.25. The predicted molar refractivity (Wildman–Crippen MR) is 73.5 cm³/mol. The molecule has 0 unspecified atom stereocenters. The van der Waals surface area contributed by atoms with Crippen LogP contribution in [0.25, 0.3) is 21.4 Å². The Bertz CT molecular complexity index is 951. The van der Waals surface area contributed by atoms with E-state index >= 15 is 0 Å². The van der Waals surface area contributed by atoms with Gasteiger partial charge in [-0.05, 0) is 18.2 Å². The van der Waals surface area contributed by atoms with Crippen LogP contribution in [-0.4, -0.2) is 4.68 Å². The van der Waals surface area contributed by atoms with Crippen molar-refractivity contribution in [1.29, 1.82) is 5.26 Å². The van der Waals surface area contributed by atoms with Crippen LogP contribution < -0.4 is 4.68 Å². The Hall–Kier alpha value is -3.11. The molecule has 92 valence electrons. The average molecular weight is 257 g/mol. The van der Waals surface area contributed by atoms with E-state index in [1.54, 1.807) is 6.07 Å². The van der Waals surface area contributed by atoms with Crippen molar-refractivity contribution in [2.24, 2.45) is 0 Å². The van der Waals surface area contributed by atoms with Gasteiger partial charge < -0.3 is 0 Å². The van der Waals surface area contributed by atoms with Gasteiger partial charge in [-0.1, -0.05) is 18.2 Å². The molecule has 2 aromatic carbocycles. The first-order chi connectivity index (χ1) is 9.81. The highest BCUT2D eigenvalue weighted by Gasteiger charge is 2.28. The van der Waals surface area contributed by atoms with Crippen molar-refractivity contribution in [2.75, 3.05) is 0 Å². The Morgan fingerprint density at radius 2 is 2.15 bits per heavy atom. The molecule has 1 aliphatic heterocycles. The second kappa shape index (κ2) is 3.69. The normalized spacial score (nSPS) is 11.7. The second-order valence-corrected chi connectivity index (χ2v) is 4.82. The highest BCUT2D eigenvalue weighted by molar-refractivity contribution is 5.89. The van der Waals surface area contributed by atoms with Gasteiger partial charge in [-0.3, -0.25) is 0 Å². The SMILES string of the molecule is [C-]#[N+]c1cc(C#N)c2c[n+]3n(c2c1)-c1ccccc1C3. The average Bonchev–Trinajstić information content (AvgIpc) is 3.01. The molecule has 4 nitrogen and oxygen atoms in total. The molecule has 0 bridgehead atoms. The number of aromatic nitrogens is 2. The molecule has 0 N–H and O–H groups in total. The molecule has 4 rings (SSSR count). The molecule has 3 aromatic rings. The molecule has 1 aliphatic rings. The highest BCUT2D eigenvalue weighted by Crippen LogP contribution is 2.29. The number of hydrogen-bond acceptors (Lipinski definition) is 1. The third-order valence-electron chi connectivity index (χ3n) is 3.71. The molecular formula is C16H9N4+. The summed E-state index contributed by atoms with van der Waals surface area (Å²) in [4.78, 5) is 3.47. The zero-order valence-corrected chi connectivity index (χ0v) is 10.5. The molecule has 2 heterocycles. The van der Waals surface area contributed by atoms with Gasteiger partial charge in [0.2, 0.25) is 6.20 Å². The van der Waals surface area contributed by atoms with Crippen molar-refractivity contribution in [3.8, 4) is 11.8 Å². The van der Waals surface area contributed by atoms with Crippen LogP contribution in [0.2, 0.25) is 0 Å². The Morgan fingerprint density at radius 1 is 1.30 bits per heavy atom. The van der Waals surface area contributed by atoms with Crippen LogP contribution in [0.1, 0.15) is 11.1 Å². The lowest BCUT2D eigenvalue weighted by Gasteiger charge is -1.99. The molecule has 0 spiro atoms. The number of nitrogens with zero attached hydrogens (tertiary/aromatic N) is 4. The summed E-state index contributed by atoms with van der Waals surface area (Å²) in [6.07, 6.45) is 1.99. The van der Waals surface area contributed by atoms with Crippen LogP contribution in [0.5, 0.6) is 0 Å². The molecule has 0 radical (unpaired) electrons. The van der Waals surface area contributed by atoms with Crippen molar-refractivity contribution < 1.29 is 4.68 Å². The summed E-state index contributed by atoms with van der Waals surface area (Å²) in [5.41, 5.74) is 4.34. The van der Waals surface area contributed by atoms with Gasteiger partial charge >= 0.3 is 0 Å². The Kier molecular flexibility index (Phi) is 1.99. The number of nitriles is 1. The van der Waals surface area contributed by atoms with Gasteiger partial charge in [-0.15, -0.1) is 9.36 Å². The molecule has 0 amide bonds. The van der Waals surface area contributed by atoms with E-state index in [-0.39, 0.29) is 0 Å². The zero-order chi connectivity index (χ0) is 13.7. The van der Waals surface area contributed by atoms with Crippen LogP contribution in [0.3, 0.4) is 0 Å². The van der Waals surface area contributed by atoms with Crippen molar-refractivity contribution in [3.63, 3.8) is 0 Å². The summed E-state index contributed by atoms with van der Waals surface area (Å²) in [7, 11) is 0. The fraction of sp³-hybridized carbons (Fsp3) is 0.0625. The summed E-state index contributed by atoms with van der Waals surface area (Å²) in [5, 5.41) is 10.2. The Balaban J connectivity index is 2.15. The number of para-hydroxylation sites is 1. The fourth-order valence-electron chi connectivity index (χ4n) is 2.85. The summed E-state index contributed by atoms with van der Waals surface area (Å²) in [6.45, 7) is 7.98. The minimum absolute atomic E-state index is 0.500. The van der Waals surface area contributed by atoms with Gasteiger partial charge in [0.25, 0.3) is 0 Å². The molecule has 0 atom stereocenters. The van der Waals surface area contributed by atoms with E-state index in [9.17, 15) is 5.26 Å². The second-order valence-electron chi connectivity index (χ2n) is 4.82. The van der Waals surface area contributed by atoms with E-state index in [2.05, 4.69) is 32.4 Å². The van der Waals surface area contributed by atoms with E-state index in [4.69, 9.17) is 6.57 Å². The molecule has 0 fully saturated rings. The molecule has 1 aromatic heterocycles. The lowest BCUT2D eigenvalue weighted by atomic mass is 10.1. The monoisotopic (exact) mass is 257 g/mol. The maximum absolute atomic E-state index is 9.27. The molecule has 4 heteroatoms. The number of hydrogen-bond donors (Lipinski definition) is 0. The molecular weight excluding hydrogens is 248 g/mol. The number of benzene rings is 2. The smallest absolute Gasteiger partial charge is 0.205 e. The van der Waals surface area contributed by atoms with E-state index in [0.717, 1.165) is 23.1 Å². The summed E-state index contributed by atoms with van der Waals surface area (Å²) >= 11 is 0. The molecule has 0 saturated heterocycles. The van der Waals surface area contributed by atoms with Gasteiger partial charge in [0.05, 0.1) is 23.6 Å². The predicted octanol–water partition coefficient (Wildman–Crippen LogP) is 2.70. The van der Waals surface area contributed by atoms with Gasteiger partial charge in [0.1, 0.15) is 11.2 Å². The maximum Gasteiger partial charge on any atom is 0.205 e. The third-order valence-corrected chi connectivity index (χ3v) is 3.71. The van der Waals surface area contributed by atoms with Crippen LogP contribution in [0, 0.1) is 17.9 Å². The quantitative estimate of drug-likeness (QED) is 0.352. The summed E-state index contributed by atoms with van der Waals surface area (Å²) < 4.78 is 4.17. The van der Waals surface area contributed by atoms with E-state index in [0.29, 0.717) is 11.3 Å². The molecule has 0 saturated carbocycles. The van der Waals surface area contributed by atoms with Crippen molar-refractivity contribution in [1.82, 2.24) is 4.68 Å². The summed E-state index contributed by atoms with van der Waals surface area (Å²) in [6, 6.07) is 13.9. The number of fused-ring (bicyclic) bond motifs is 5. The highest BCUT2D eigenvalue weighted by atomic mass is 15.4. The minimum atomic E-state index is 0.500. The van der Waals surface area contributed by atoms with Gasteiger partial charge in [-0.25, -0.2) is 4.85 Å². The standard InChI is InChI=1S/C16H9N4/c1-18-13-6-12(8-17)14-10-19-9-11-4-2-3-5-15(11)20(19)16(14)7-13/h2-7,10H,9H2/q+1. The minimum Gasteiger partial charge on any atom is -0.238 e.